The predicted octanol–water partition coefficient (Wildman–Crippen LogP) is 5.71. The average molecular weight is 340 g/mol. The van der Waals surface area contributed by atoms with E-state index in [1.165, 1.54) is 12.1 Å². The lowest BCUT2D eigenvalue weighted by molar-refractivity contribution is 0.0157. The second-order valence-corrected chi connectivity index (χ2v) is 6.17. The number of ether oxygens (including phenoxy) is 1. The van der Waals surface area contributed by atoms with E-state index in [2.05, 4.69) is 5.32 Å². The Balaban J connectivity index is 1.77. The highest BCUT2D eigenvalue weighted by Gasteiger charge is 2.29. The third kappa shape index (κ3) is 2.88. The molecule has 2 atom stereocenters. The zero-order valence-corrected chi connectivity index (χ0v) is 13.5. The fourth-order valence-electron chi connectivity index (χ4n) is 2.95. The molecule has 1 N–H and O–H groups in total. The van der Waals surface area contributed by atoms with Gasteiger partial charge < -0.3 is 10.1 Å². The van der Waals surface area contributed by atoms with Gasteiger partial charge >= 0.3 is 0 Å². The smallest absolute Gasteiger partial charge is 0.155 e. The third-order valence-electron chi connectivity index (χ3n) is 4.13. The van der Waals surface area contributed by atoms with E-state index < -0.39 is 0 Å². The molecule has 24 heavy (non-hydrogen) atoms. The second-order valence-electron chi connectivity index (χ2n) is 5.73. The van der Waals surface area contributed by atoms with E-state index >= 15 is 0 Å². The van der Waals surface area contributed by atoms with Crippen LogP contribution in [0.25, 0.3) is 0 Å². The normalized spacial score (nSPS) is 19.4. The van der Waals surface area contributed by atoms with Gasteiger partial charge in [0.15, 0.2) is 6.23 Å². The summed E-state index contributed by atoms with van der Waals surface area (Å²) in [6, 6.07) is 22.1. The van der Waals surface area contributed by atoms with Crippen molar-refractivity contribution in [2.24, 2.45) is 0 Å². The Morgan fingerprint density at radius 1 is 0.875 bits per heavy atom. The lowest BCUT2D eigenvalue weighted by Crippen LogP contribution is -2.25. The zero-order chi connectivity index (χ0) is 16.5. The highest BCUT2D eigenvalue weighted by Crippen LogP contribution is 2.42. The van der Waals surface area contributed by atoms with Gasteiger partial charge in [-0.25, -0.2) is 4.39 Å². The molecular weight excluding hydrogens is 325 g/mol. The van der Waals surface area contributed by atoms with Gasteiger partial charge in [-0.3, -0.25) is 0 Å². The van der Waals surface area contributed by atoms with E-state index in [9.17, 15) is 4.39 Å². The largest absolute Gasteiger partial charge is 0.356 e. The van der Waals surface area contributed by atoms with Crippen LogP contribution in [0, 0.1) is 5.82 Å². The number of anilines is 1. The molecule has 4 heteroatoms. The summed E-state index contributed by atoms with van der Waals surface area (Å²) in [5.74, 6) is -0.263. The summed E-state index contributed by atoms with van der Waals surface area (Å²) >= 11 is 6.18. The number of fused-ring (bicyclic) bond motifs is 1. The van der Waals surface area contributed by atoms with Gasteiger partial charge in [0.05, 0.1) is 0 Å². The Kier molecular flexibility index (Phi) is 3.97. The van der Waals surface area contributed by atoms with Gasteiger partial charge in [0.2, 0.25) is 0 Å². The lowest BCUT2D eigenvalue weighted by atomic mass is 9.97. The SMILES string of the molecule is Fc1ccc([C@H]2Nc3ccc(Cl)cc3[C@@H](c3ccccc3)O2)cc1. The Hall–Kier alpha value is -2.36. The molecule has 0 radical (unpaired) electrons. The van der Waals surface area contributed by atoms with E-state index in [-0.39, 0.29) is 18.1 Å². The maximum absolute atomic E-state index is 13.2. The molecule has 3 aromatic carbocycles. The first-order chi connectivity index (χ1) is 11.7. The lowest BCUT2D eigenvalue weighted by Gasteiger charge is -2.34. The van der Waals surface area contributed by atoms with Crippen molar-refractivity contribution in [1.29, 1.82) is 0 Å². The predicted molar refractivity (Wildman–Crippen MR) is 93.6 cm³/mol. The molecule has 1 aliphatic heterocycles. The number of halogens is 2. The Morgan fingerprint density at radius 2 is 1.62 bits per heavy atom. The molecule has 0 bridgehead atoms. The molecule has 0 unspecified atom stereocenters. The van der Waals surface area contributed by atoms with Crippen LogP contribution in [-0.4, -0.2) is 0 Å². The standard InChI is InChI=1S/C20H15ClFNO/c21-15-8-11-18-17(12-15)19(13-4-2-1-3-5-13)24-20(23-18)14-6-9-16(22)10-7-14/h1-12,19-20,23H/t19-,20+/m1/s1. The highest BCUT2D eigenvalue weighted by atomic mass is 35.5. The Labute approximate surface area is 144 Å². The van der Waals surface area contributed by atoms with Gasteiger partial charge in [-0.2, -0.15) is 0 Å². The molecule has 120 valence electrons. The molecular formula is C20H15ClFNO. The first-order valence-corrected chi connectivity index (χ1v) is 8.10. The quantitative estimate of drug-likeness (QED) is 0.645. The van der Waals surface area contributed by atoms with Crippen LogP contribution in [0.1, 0.15) is 29.0 Å². The molecule has 1 aliphatic rings. The van der Waals surface area contributed by atoms with Crippen molar-refractivity contribution < 1.29 is 9.13 Å². The first kappa shape index (κ1) is 15.2. The molecule has 0 saturated carbocycles. The Bertz CT molecular complexity index is 851. The minimum atomic E-state index is -0.357. The minimum Gasteiger partial charge on any atom is -0.356 e. The zero-order valence-electron chi connectivity index (χ0n) is 12.7. The number of rotatable bonds is 2. The summed E-state index contributed by atoms with van der Waals surface area (Å²) in [4.78, 5) is 0. The van der Waals surface area contributed by atoms with Crippen molar-refractivity contribution in [2.45, 2.75) is 12.3 Å². The summed E-state index contributed by atoms with van der Waals surface area (Å²) in [5.41, 5.74) is 3.88. The number of nitrogens with one attached hydrogen (secondary N) is 1. The molecule has 4 rings (SSSR count). The number of hydrogen-bond acceptors (Lipinski definition) is 2. The fraction of sp³-hybridized carbons (Fsp3) is 0.100. The van der Waals surface area contributed by atoms with E-state index in [1.54, 1.807) is 12.1 Å². The van der Waals surface area contributed by atoms with Crippen molar-refractivity contribution in [1.82, 2.24) is 0 Å². The number of benzene rings is 3. The summed E-state index contributed by atoms with van der Waals surface area (Å²) < 4.78 is 19.5. The van der Waals surface area contributed by atoms with Crippen molar-refractivity contribution in [3.63, 3.8) is 0 Å². The molecule has 2 nitrogen and oxygen atoms in total. The van der Waals surface area contributed by atoms with Gasteiger partial charge in [-0.1, -0.05) is 54.1 Å². The highest BCUT2D eigenvalue weighted by molar-refractivity contribution is 6.30. The molecule has 0 amide bonds. The van der Waals surface area contributed by atoms with Crippen LogP contribution in [0.3, 0.4) is 0 Å². The van der Waals surface area contributed by atoms with Crippen LogP contribution in [0.5, 0.6) is 0 Å². The van der Waals surface area contributed by atoms with Gasteiger partial charge in [-0.15, -0.1) is 0 Å². The molecule has 3 aromatic rings. The van der Waals surface area contributed by atoms with Crippen LogP contribution in [-0.2, 0) is 4.74 Å². The molecule has 0 aromatic heterocycles. The molecule has 0 saturated heterocycles. The van der Waals surface area contributed by atoms with E-state index in [4.69, 9.17) is 16.3 Å². The van der Waals surface area contributed by atoms with Crippen LogP contribution < -0.4 is 5.32 Å². The van der Waals surface area contributed by atoms with Crippen LogP contribution >= 0.6 is 11.6 Å². The fourth-order valence-corrected chi connectivity index (χ4v) is 3.13. The van der Waals surface area contributed by atoms with E-state index in [0.29, 0.717) is 5.02 Å². The van der Waals surface area contributed by atoms with Crippen molar-refractivity contribution in [2.75, 3.05) is 5.32 Å². The average Bonchev–Trinajstić information content (AvgIpc) is 2.62. The number of hydrogen-bond donors (Lipinski definition) is 1. The topological polar surface area (TPSA) is 21.3 Å². The molecule has 0 aliphatic carbocycles. The van der Waals surface area contributed by atoms with Gasteiger partial charge in [0.25, 0.3) is 0 Å². The van der Waals surface area contributed by atoms with Crippen LogP contribution in [0.15, 0.2) is 72.8 Å². The van der Waals surface area contributed by atoms with E-state index in [0.717, 1.165) is 22.4 Å². The van der Waals surface area contributed by atoms with E-state index in [1.807, 2.05) is 48.5 Å². The van der Waals surface area contributed by atoms with Gasteiger partial charge in [-0.05, 0) is 35.9 Å². The van der Waals surface area contributed by atoms with Crippen LogP contribution in [0.2, 0.25) is 5.02 Å². The van der Waals surface area contributed by atoms with Gasteiger partial charge in [0, 0.05) is 21.8 Å². The summed E-state index contributed by atoms with van der Waals surface area (Å²) in [7, 11) is 0. The summed E-state index contributed by atoms with van der Waals surface area (Å²) in [6.45, 7) is 0. The summed E-state index contributed by atoms with van der Waals surface area (Å²) in [5, 5.41) is 4.02. The third-order valence-corrected chi connectivity index (χ3v) is 4.37. The molecule has 0 fully saturated rings. The second kappa shape index (κ2) is 6.27. The maximum Gasteiger partial charge on any atom is 0.155 e. The minimum absolute atomic E-state index is 0.240. The van der Waals surface area contributed by atoms with Crippen molar-refractivity contribution in [3.05, 3.63) is 100 Å². The maximum atomic E-state index is 13.2. The summed E-state index contributed by atoms with van der Waals surface area (Å²) in [6.07, 6.45) is -0.597. The van der Waals surface area contributed by atoms with Gasteiger partial charge in [0.1, 0.15) is 11.9 Å². The monoisotopic (exact) mass is 339 g/mol. The molecule has 1 heterocycles. The van der Waals surface area contributed by atoms with Crippen molar-refractivity contribution >= 4 is 17.3 Å². The van der Waals surface area contributed by atoms with Crippen molar-refractivity contribution in [3.8, 4) is 0 Å². The molecule has 0 spiro atoms. The Morgan fingerprint density at radius 3 is 2.38 bits per heavy atom. The van der Waals surface area contributed by atoms with Crippen LogP contribution in [0.4, 0.5) is 10.1 Å². The first-order valence-electron chi connectivity index (χ1n) is 7.72.